The number of carbonyl (C=O) groups is 1. The highest BCUT2D eigenvalue weighted by atomic mass is 32.2. The van der Waals surface area contributed by atoms with Gasteiger partial charge in [-0.3, -0.25) is 4.79 Å². The molecule has 1 saturated heterocycles. The van der Waals surface area contributed by atoms with Crippen molar-refractivity contribution in [2.45, 2.75) is 26.7 Å². The summed E-state index contributed by atoms with van der Waals surface area (Å²) in [6, 6.07) is 6.01. The van der Waals surface area contributed by atoms with E-state index < -0.39 is 10.0 Å². The molecule has 1 aromatic carbocycles. The number of benzene rings is 1. The first-order valence-corrected chi connectivity index (χ1v) is 10.0. The molecule has 1 amide bonds. The molecule has 1 heterocycles. The molecular weight excluding hydrogens is 328 g/mol. The van der Waals surface area contributed by atoms with Gasteiger partial charge in [-0.1, -0.05) is 12.1 Å². The molecule has 7 heteroatoms. The number of rotatable bonds is 6. The minimum atomic E-state index is -3.23. The summed E-state index contributed by atoms with van der Waals surface area (Å²) < 4.78 is 30.3. The van der Waals surface area contributed by atoms with Crippen molar-refractivity contribution in [2.24, 2.45) is 5.92 Å². The predicted octanol–water partition coefficient (Wildman–Crippen LogP) is 1.47. The van der Waals surface area contributed by atoms with Crippen LogP contribution in [0.25, 0.3) is 0 Å². The molecule has 0 bridgehead atoms. The van der Waals surface area contributed by atoms with Crippen LogP contribution in [0, 0.1) is 19.8 Å². The van der Waals surface area contributed by atoms with Crippen LogP contribution in [0.4, 0.5) is 0 Å². The molecule has 1 N–H and O–H groups in total. The zero-order valence-electron chi connectivity index (χ0n) is 14.5. The highest BCUT2D eigenvalue weighted by Crippen LogP contribution is 2.20. The number of piperidine rings is 1. The van der Waals surface area contributed by atoms with Gasteiger partial charge in [-0.2, -0.15) is 0 Å². The van der Waals surface area contributed by atoms with Crippen molar-refractivity contribution in [2.75, 3.05) is 32.5 Å². The lowest BCUT2D eigenvalue weighted by atomic mass is 9.99. The molecule has 24 heavy (non-hydrogen) atoms. The molecular formula is C17H26N2O4S. The third-order valence-corrected chi connectivity index (χ3v) is 5.50. The van der Waals surface area contributed by atoms with Crippen LogP contribution in [-0.4, -0.2) is 51.1 Å². The van der Waals surface area contributed by atoms with Gasteiger partial charge in [-0.25, -0.2) is 12.7 Å². The summed E-state index contributed by atoms with van der Waals surface area (Å²) in [6.07, 6.45) is 2.62. The molecule has 1 fully saturated rings. The second kappa shape index (κ2) is 7.98. The van der Waals surface area contributed by atoms with Gasteiger partial charge in [0.05, 0.1) is 18.7 Å². The van der Waals surface area contributed by atoms with E-state index in [-0.39, 0.29) is 18.4 Å². The van der Waals surface area contributed by atoms with E-state index in [2.05, 4.69) is 5.32 Å². The van der Waals surface area contributed by atoms with E-state index in [1.165, 1.54) is 10.6 Å². The summed E-state index contributed by atoms with van der Waals surface area (Å²) >= 11 is 0. The molecule has 1 aliphatic rings. The first-order chi connectivity index (χ1) is 11.3. The van der Waals surface area contributed by atoms with Gasteiger partial charge in [0.25, 0.3) is 0 Å². The summed E-state index contributed by atoms with van der Waals surface area (Å²) in [7, 11) is -3.23. The minimum absolute atomic E-state index is 0.104. The molecule has 1 atom stereocenters. The number of hydrogen-bond acceptors (Lipinski definition) is 4. The number of sulfonamides is 1. The molecule has 1 aliphatic heterocycles. The van der Waals surface area contributed by atoms with Crippen LogP contribution in [0.1, 0.15) is 24.0 Å². The fourth-order valence-electron chi connectivity index (χ4n) is 2.80. The van der Waals surface area contributed by atoms with Crippen molar-refractivity contribution >= 4 is 15.9 Å². The highest BCUT2D eigenvalue weighted by Gasteiger charge is 2.29. The Labute approximate surface area is 144 Å². The minimum Gasteiger partial charge on any atom is -0.491 e. The number of amides is 1. The first-order valence-electron chi connectivity index (χ1n) is 8.20. The van der Waals surface area contributed by atoms with Gasteiger partial charge >= 0.3 is 0 Å². The van der Waals surface area contributed by atoms with Crippen molar-refractivity contribution in [1.29, 1.82) is 0 Å². The molecule has 0 spiro atoms. The van der Waals surface area contributed by atoms with E-state index in [0.29, 0.717) is 26.1 Å². The average molecular weight is 354 g/mol. The summed E-state index contributed by atoms with van der Waals surface area (Å²) in [5, 5.41) is 2.84. The average Bonchev–Trinajstić information content (AvgIpc) is 2.53. The SMILES string of the molecule is Cc1ccc(C)c(OCCNC(=O)[C@@H]2CCCN(S(C)(=O)=O)C2)c1. The normalized spacial score (nSPS) is 19.0. The van der Waals surface area contributed by atoms with Gasteiger partial charge in [0.2, 0.25) is 15.9 Å². The smallest absolute Gasteiger partial charge is 0.224 e. The summed E-state index contributed by atoms with van der Waals surface area (Å²) in [6.45, 7) is 5.54. The molecule has 6 nitrogen and oxygen atoms in total. The lowest BCUT2D eigenvalue weighted by Crippen LogP contribution is -2.45. The number of aryl methyl sites for hydroxylation is 2. The van der Waals surface area contributed by atoms with Crippen LogP contribution < -0.4 is 10.1 Å². The molecule has 0 saturated carbocycles. The van der Waals surface area contributed by atoms with E-state index in [1.807, 2.05) is 32.0 Å². The number of hydrogen-bond donors (Lipinski definition) is 1. The number of nitrogens with one attached hydrogen (secondary N) is 1. The van der Waals surface area contributed by atoms with Crippen molar-refractivity contribution < 1.29 is 17.9 Å². The van der Waals surface area contributed by atoms with Crippen molar-refractivity contribution in [1.82, 2.24) is 9.62 Å². The summed E-state index contributed by atoms with van der Waals surface area (Å²) in [4.78, 5) is 12.2. The van der Waals surface area contributed by atoms with E-state index >= 15 is 0 Å². The van der Waals surface area contributed by atoms with Crippen molar-refractivity contribution in [3.8, 4) is 5.75 Å². The van der Waals surface area contributed by atoms with E-state index in [1.54, 1.807) is 0 Å². The van der Waals surface area contributed by atoms with Crippen LogP contribution in [0.15, 0.2) is 18.2 Å². The second-order valence-electron chi connectivity index (χ2n) is 6.37. The third-order valence-electron chi connectivity index (χ3n) is 4.23. The molecule has 0 unspecified atom stereocenters. The van der Waals surface area contributed by atoms with E-state index in [0.717, 1.165) is 23.3 Å². The maximum atomic E-state index is 12.2. The fourth-order valence-corrected chi connectivity index (χ4v) is 3.71. The Morgan fingerprint density at radius 2 is 2.12 bits per heavy atom. The Morgan fingerprint density at radius 3 is 2.83 bits per heavy atom. The fraction of sp³-hybridized carbons (Fsp3) is 0.588. The first kappa shape index (κ1) is 18.7. The van der Waals surface area contributed by atoms with Crippen LogP contribution in [-0.2, 0) is 14.8 Å². The van der Waals surface area contributed by atoms with Gasteiger partial charge in [0, 0.05) is 13.1 Å². The lowest BCUT2D eigenvalue weighted by molar-refractivity contribution is -0.126. The number of ether oxygens (including phenoxy) is 1. The predicted molar refractivity (Wildman–Crippen MR) is 93.6 cm³/mol. The number of carbonyl (C=O) groups excluding carboxylic acids is 1. The summed E-state index contributed by atoms with van der Waals surface area (Å²) in [5.41, 5.74) is 2.19. The molecule has 2 rings (SSSR count). The Bertz CT molecular complexity index is 688. The Morgan fingerprint density at radius 1 is 1.38 bits per heavy atom. The van der Waals surface area contributed by atoms with Crippen LogP contribution in [0.2, 0.25) is 0 Å². The second-order valence-corrected chi connectivity index (χ2v) is 8.35. The van der Waals surface area contributed by atoms with Crippen molar-refractivity contribution in [3.05, 3.63) is 29.3 Å². The zero-order chi connectivity index (χ0) is 17.7. The van der Waals surface area contributed by atoms with Gasteiger partial charge in [0.1, 0.15) is 12.4 Å². The summed E-state index contributed by atoms with van der Waals surface area (Å²) in [5.74, 6) is 0.437. The largest absolute Gasteiger partial charge is 0.491 e. The van der Waals surface area contributed by atoms with Crippen LogP contribution in [0.3, 0.4) is 0 Å². The third kappa shape index (κ3) is 5.21. The quantitative estimate of drug-likeness (QED) is 0.785. The highest BCUT2D eigenvalue weighted by molar-refractivity contribution is 7.88. The molecule has 0 radical (unpaired) electrons. The van der Waals surface area contributed by atoms with Gasteiger partial charge in [-0.05, 0) is 43.9 Å². The van der Waals surface area contributed by atoms with Crippen LogP contribution in [0.5, 0.6) is 5.75 Å². The number of nitrogens with zero attached hydrogens (tertiary/aromatic N) is 1. The standard InChI is InChI=1S/C17H26N2O4S/c1-13-6-7-14(2)16(11-13)23-10-8-18-17(20)15-5-4-9-19(12-15)24(3,21)22/h6-7,11,15H,4-5,8-10,12H2,1-3H3,(H,18,20)/t15-/m1/s1. The van der Waals surface area contributed by atoms with E-state index in [9.17, 15) is 13.2 Å². The Kier molecular flexibility index (Phi) is 6.23. The molecule has 1 aromatic rings. The zero-order valence-corrected chi connectivity index (χ0v) is 15.4. The molecule has 0 aliphatic carbocycles. The van der Waals surface area contributed by atoms with Gasteiger partial charge in [-0.15, -0.1) is 0 Å². The lowest BCUT2D eigenvalue weighted by Gasteiger charge is -2.30. The van der Waals surface area contributed by atoms with Crippen molar-refractivity contribution in [3.63, 3.8) is 0 Å². The van der Waals surface area contributed by atoms with Gasteiger partial charge in [0.15, 0.2) is 0 Å². The maximum Gasteiger partial charge on any atom is 0.224 e. The molecule has 0 aromatic heterocycles. The Balaban J connectivity index is 1.78. The van der Waals surface area contributed by atoms with Crippen LogP contribution >= 0.6 is 0 Å². The van der Waals surface area contributed by atoms with E-state index in [4.69, 9.17) is 4.74 Å². The molecule has 134 valence electrons. The monoisotopic (exact) mass is 354 g/mol. The Hall–Kier alpha value is -1.60. The van der Waals surface area contributed by atoms with Gasteiger partial charge < -0.3 is 10.1 Å². The maximum absolute atomic E-state index is 12.2. The topological polar surface area (TPSA) is 75.7 Å².